The predicted octanol–water partition coefficient (Wildman–Crippen LogP) is 2.52. The van der Waals surface area contributed by atoms with E-state index in [1.807, 2.05) is 54.0 Å². The van der Waals surface area contributed by atoms with Gasteiger partial charge in [-0.25, -0.2) is 9.97 Å². The molecule has 0 atom stereocenters. The second-order valence-electron chi connectivity index (χ2n) is 7.45. The first-order valence-corrected chi connectivity index (χ1v) is 9.72. The molecule has 0 saturated heterocycles. The first-order chi connectivity index (χ1) is 14.1. The van der Waals surface area contributed by atoms with E-state index >= 15 is 0 Å². The minimum absolute atomic E-state index is 0.0555. The van der Waals surface area contributed by atoms with Crippen LogP contribution in [-0.2, 0) is 19.6 Å². The third kappa shape index (κ3) is 4.60. The largest absolute Gasteiger partial charge is 0.333 e. The Morgan fingerprint density at radius 3 is 2.62 bits per heavy atom. The Morgan fingerprint density at radius 2 is 1.90 bits per heavy atom. The van der Waals surface area contributed by atoms with Crippen LogP contribution < -0.4 is 5.32 Å². The average Bonchev–Trinajstić information content (AvgIpc) is 2.97. The van der Waals surface area contributed by atoms with Gasteiger partial charge in [0.25, 0.3) is 5.91 Å². The number of nitrogens with zero attached hydrogens (tertiary/aromatic N) is 6. The lowest BCUT2D eigenvalue weighted by Crippen LogP contribution is -2.31. The van der Waals surface area contributed by atoms with Crippen molar-refractivity contribution in [2.75, 3.05) is 26.0 Å². The molecule has 0 saturated carbocycles. The molecule has 1 N–H and O–H groups in total. The van der Waals surface area contributed by atoms with Crippen LogP contribution in [0.2, 0.25) is 0 Å². The smallest absolute Gasteiger partial charge is 0.257 e. The summed E-state index contributed by atoms with van der Waals surface area (Å²) < 4.78 is 2.02. The highest BCUT2D eigenvalue weighted by molar-refractivity contribution is 5.93. The van der Waals surface area contributed by atoms with Gasteiger partial charge in [0.1, 0.15) is 0 Å². The maximum Gasteiger partial charge on any atom is 0.257 e. The monoisotopic (exact) mass is 391 g/mol. The number of para-hydroxylation sites is 1. The van der Waals surface area contributed by atoms with Crippen LogP contribution >= 0.6 is 0 Å². The Morgan fingerprint density at radius 1 is 1.14 bits per heavy atom. The number of aryl methyl sites for hydroxylation is 1. The summed E-state index contributed by atoms with van der Waals surface area (Å²) >= 11 is 0. The first kappa shape index (κ1) is 19.1. The predicted molar refractivity (Wildman–Crippen MR) is 111 cm³/mol. The average molecular weight is 391 g/mol. The van der Waals surface area contributed by atoms with Gasteiger partial charge in [0.05, 0.1) is 23.5 Å². The minimum Gasteiger partial charge on any atom is -0.333 e. The number of carbonyl (C=O) groups is 1. The van der Waals surface area contributed by atoms with Crippen molar-refractivity contribution in [3.8, 4) is 0 Å². The van der Waals surface area contributed by atoms with Gasteiger partial charge in [0.2, 0.25) is 5.95 Å². The van der Waals surface area contributed by atoms with Crippen LogP contribution in [0.5, 0.6) is 0 Å². The Labute approximate surface area is 170 Å². The van der Waals surface area contributed by atoms with E-state index < -0.39 is 0 Å². The van der Waals surface area contributed by atoms with E-state index in [4.69, 9.17) is 0 Å². The van der Waals surface area contributed by atoms with Crippen LogP contribution in [0.4, 0.5) is 11.6 Å². The molecule has 8 heteroatoms. The van der Waals surface area contributed by atoms with Crippen molar-refractivity contribution >= 4 is 17.5 Å². The zero-order valence-electron chi connectivity index (χ0n) is 16.7. The molecule has 2 aromatic heterocycles. The second-order valence-corrected chi connectivity index (χ2v) is 7.45. The summed E-state index contributed by atoms with van der Waals surface area (Å²) in [5.41, 5.74) is 3.49. The summed E-state index contributed by atoms with van der Waals surface area (Å²) in [6.45, 7) is 2.85. The first-order valence-electron chi connectivity index (χ1n) is 9.72. The van der Waals surface area contributed by atoms with E-state index in [9.17, 15) is 4.79 Å². The van der Waals surface area contributed by atoms with Crippen molar-refractivity contribution in [1.29, 1.82) is 0 Å². The molecule has 3 heterocycles. The molecule has 0 bridgehead atoms. The van der Waals surface area contributed by atoms with Crippen molar-refractivity contribution in [2.24, 2.45) is 0 Å². The van der Waals surface area contributed by atoms with Crippen LogP contribution in [-0.4, -0.2) is 56.1 Å². The molecule has 4 rings (SSSR count). The standard InChI is InChI=1S/C21H25N7O/c1-26(2)14-18-11-19-15-27(9-6-10-28(19)25-18)20(29)16-12-22-21(23-13-16)24-17-7-4-3-5-8-17/h3-5,7-8,11-13H,6,9-10,14-15H2,1-2H3,(H,22,23,24). The van der Waals surface area contributed by atoms with Crippen LogP contribution in [0.1, 0.15) is 28.2 Å². The number of hydrogen-bond donors (Lipinski definition) is 1. The van der Waals surface area contributed by atoms with Gasteiger partial charge >= 0.3 is 0 Å². The minimum atomic E-state index is -0.0555. The fourth-order valence-corrected chi connectivity index (χ4v) is 3.43. The number of benzene rings is 1. The third-order valence-electron chi connectivity index (χ3n) is 4.76. The highest BCUT2D eigenvalue weighted by Gasteiger charge is 2.22. The number of hydrogen-bond acceptors (Lipinski definition) is 6. The van der Waals surface area contributed by atoms with Crippen LogP contribution in [0.3, 0.4) is 0 Å². The van der Waals surface area contributed by atoms with E-state index in [2.05, 4.69) is 31.3 Å². The van der Waals surface area contributed by atoms with Crippen molar-refractivity contribution in [2.45, 2.75) is 26.1 Å². The highest BCUT2D eigenvalue weighted by Crippen LogP contribution is 2.17. The van der Waals surface area contributed by atoms with Gasteiger partial charge in [-0.15, -0.1) is 0 Å². The molecule has 8 nitrogen and oxygen atoms in total. The maximum absolute atomic E-state index is 13.0. The van der Waals surface area contributed by atoms with Gasteiger partial charge in [-0.3, -0.25) is 9.48 Å². The Hall–Kier alpha value is -3.26. The maximum atomic E-state index is 13.0. The molecular formula is C21H25N7O. The number of amides is 1. The number of fused-ring (bicyclic) bond motifs is 1. The van der Waals surface area contributed by atoms with Crippen molar-refractivity contribution < 1.29 is 4.79 Å². The molecule has 1 amide bonds. The lowest BCUT2D eigenvalue weighted by molar-refractivity contribution is 0.0745. The van der Waals surface area contributed by atoms with E-state index in [1.165, 1.54) is 0 Å². The lowest BCUT2D eigenvalue weighted by atomic mass is 10.2. The number of nitrogens with one attached hydrogen (secondary N) is 1. The van der Waals surface area contributed by atoms with Crippen LogP contribution in [0.25, 0.3) is 0 Å². The topological polar surface area (TPSA) is 79.2 Å². The van der Waals surface area contributed by atoms with Crippen LogP contribution in [0.15, 0.2) is 48.8 Å². The SMILES string of the molecule is CN(C)Cc1cc2n(n1)CCCN(C(=O)c1cnc(Nc3ccccc3)nc1)C2. The quantitative estimate of drug-likeness (QED) is 0.720. The molecule has 0 unspecified atom stereocenters. The molecule has 1 aromatic carbocycles. The molecule has 0 fully saturated rings. The van der Waals surface area contributed by atoms with Crippen molar-refractivity contribution in [1.82, 2.24) is 29.5 Å². The van der Waals surface area contributed by atoms with Gasteiger partial charge in [0.15, 0.2) is 0 Å². The van der Waals surface area contributed by atoms with E-state index in [1.54, 1.807) is 12.4 Å². The van der Waals surface area contributed by atoms with Gasteiger partial charge in [-0.1, -0.05) is 18.2 Å². The molecule has 1 aliphatic rings. The van der Waals surface area contributed by atoms with Gasteiger partial charge in [-0.05, 0) is 38.7 Å². The Balaban J connectivity index is 1.45. The fraction of sp³-hybridized carbons (Fsp3) is 0.333. The molecule has 0 spiro atoms. The number of rotatable bonds is 5. The van der Waals surface area contributed by atoms with Gasteiger partial charge < -0.3 is 15.1 Å². The Bertz CT molecular complexity index is 966. The Kier molecular flexibility index (Phi) is 5.53. The molecule has 0 aliphatic carbocycles. The summed E-state index contributed by atoms with van der Waals surface area (Å²) in [6, 6.07) is 11.8. The normalized spacial score (nSPS) is 13.8. The summed E-state index contributed by atoms with van der Waals surface area (Å²) in [5.74, 6) is 0.412. The molecule has 0 radical (unpaired) electrons. The molecule has 29 heavy (non-hydrogen) atoms. The second kappa shape index (κ2) is 8.40. The summed E-state index contributed by atoms with van der Waals surface area (Å²) in [7, 11) is 4.05. The lowest BCUT2D eigenvalue weighted by Gasteiger charge is -2.19. The third-order valence-corrected chi connectivity index (χ3v) is 4.76. The van der Waals surface area contributed by atoms with Crippen molar-refractivity contribution in [3.63, 3.8) is 0 Å². The van der Waals surface area contributed by atoms with Crippen molar-refractivity contribution in [3.05, 3.63) is 65.7 Å². The zero-order chi connectivity index (χ0) is 20.2. The van der Waals surface area contributed by atoms with E-state index in [-0.39, 0.29) is 5.91 Å². The van der Waals surface area contributed by atoms with Gasteiger partial charge in [-0.2, -0.15) is 5.10 Å². The molecule has 3 aromatic rings. The molecule has 1 aliphatic heterocycles. The summed E-state index contributed by atoms with van der Waals surface area (Å²) in [5, 5.41) is 7.80. The van der Waals surface area contributed by atoms with E-state index in [0.717, 1.165) is 36.6 Å². The van der Waals surface area contributed by atoms with E-state index in [0.29, 0.717) is 24.6 Å². The molecule has 150 valence electrons. The van der Waals surface area contributed by atoms with Crippen LogP contribution in [0, 0.1) is 0 Å². The summed E-state index contributed by atoms with van der Waals surface area (Å²) in [4.78, 5) is 25.5. The number of anilines is 2. The molecular weight excluding hydrogens is 366 g/mol. The number of carbonyl (C=O) groups excluding carboxylic acids is 1. The van der Waals surface area contributed by atoms with Gasteiger partial charge in [0, 0.05) is 37.7 Å². The fourth-order valence-electron chi connectivity index (χ4n) is 3.43. The highest BCUT2D eigenvalue weighted by atomic mass is 16.2. The summed E-state index contributed by atoms with van der Waals surface area (Å²) in [6.07, 6.45) is 4.04. The number of aromatic nitrogens is 4. The zero-order valence-corrected chi connectivity index (χ0v) is 16.7.